The van der Waals surface area contributed by atoms with Gasteiger partial charge in [0.15, 0.2) is 0 Å². The zero-order chi connectivity index (χ0) is 21.4. The van der Waals surface area contributed by atoms with Crippen molar-refractivity contribution in [3.63, 3.8) is 0 Å². The van der Waals surface area contributed by atoms with Crippen LogP contribution in [0.2, 0.25) is 5.02 Å². The summed E-state index contributed by atoms with van der Waals surface area (Å²) in [7, 11) is 0. The molecule has 6 heteroatoms. The molecule has 2 aliphatic carbocycles. The van der Waals surface area contributed by atoms with Gasteiger partial charge in [0, 0.05) is 55.3 Å². The molecule has 0 amide bonds. The Morgan fingerprint density at radius 3 is 2.71 bits per heavy atom. The molecule has 1 spiro atoms. The number of carbonyl (C=O) groups excluding carboxylic acids is 1. The van der Waals surface area contributed by atoms with Gasteiger partial charge in [-0.1, -0.05) is 24.6 Å². The van der Waals surface area contributed by atoms with Crippen molar-refractivity contribution in [2.75, 3.05) is 37.6 Å². The van der Waals surface area contributed by atoms with Crippen molar-refractivity contribution >= 4 is 23.3 Å². The molecule has 0 unspecified atom stereocenters. The van der Waals surface area contributed by atoms with Gasteiger partial charge in [0.1, 0.15) is 11.7 Å². The Bertz CT molecular complexity index is 887. The number of esters is 1. The fourth-order valence-corrected chi connectivity index (χ4v) is 7.59. The monoisotopic (exact) mass is 444 g/mol. The van der Waals surface area contributed by atoms with E-state index < -0.39 is 0 Å². The second-order valence-corrected chi connectivity index (χ2v) is 11.2. The minimum absolute atomic E-state index is 0.0146. The van der Waals surface area contributed by atoms with Gasteiger partial charge >= 0.3 is 5.97 Å². The molecule has 1 aromatic rings. The zero-order valence-corrected chi connectivity index (χ0v) is 19.3. The first-order chi connectivity index (χ1) is 14.9. The zero-order valence-electron chi connectivity index (χ0n) is 18.6. The van der Waals surface area contributed by atoms with Crippen LogP contribution >= 0.6 is 11.6 Å². The number of anilines is 1. The van der Waals surface area contributed by atoms with Crippen LogP contribution < -0.4 is 4.90 Å². The predicted octanol–water partition coefficient (Wildman–Crippen LogP) is 3.99. The number of fused-ring (bicyclic) bond motifs is 1. The molecule has 0 bridgehead atoms. The number of carbonyl (C=O) groups is 1. The van der Waals surface area contributed by atoms with E-state index in [0.717, 1.165) is 57.0 Å². The highest BCUT2D eigenvalue weighted by molar-refractivity contribution is 6.30. The van der Waals surface area contributed by atoms with Gasteiger partial charge in [-0.2, -0.15) is 0 Å². The number of benzene rings is 1. The second-order valence-electron chi connectivity index (χ2n) is 10.8. The summed E-state index contributed by atoms with van der Waals surface area (Å²) in [5, 5.41) is 0.779. The van der Waals surface area contributed by atoms with Crippen molar-refractivity contribution in [1.29, 1.82) is 0 Å². The lowest BCUT2D eigenvalue weighted by Gasteiger charge is -2.50. The van der Waals surface area contributed by atoms with Crippen LogP contribution in [-0.2, 0) is 14.3 Å². The number of epoxide rings is 1. The number of nitrogens with zero attached hydrogens (tertiary/aromatic N) is 2. The summed E-state index contributed by atoms with van der Waals surface area (Å²) in [5.74, 6) is 1.39. The minimum Gasteiger partial charge on any atom is -0.455 e. The molecular formula is C25H33ClN2O3. The maximum atomic E-state index is 13.2. The molecule has 3 saturated heterocycles. The minimum atomic E-state index is -0.366. The lowest BCUT2D eigenvalue weighted by molar-refractivity contribution is -0.168. The molecule has 5 nitrogen and oxygen atoms in total. The van der Waals surface area contributed by atoms with Crippen LogP contribution in [0.4, 0.5) is 5.69 Å². The van der Waals surface area contributed by atoms with Gasteiger partial charge in [0.05, 0.1) is 11.5 Å². The van der Waals surface area contributed by atoms with E-state index in [9.17, 15) is 4.79 Å². The fraction of sp³-hybridized carbons (Fsp3) is 0.720. The average molecular weight is 445 g/mol. The third kappa shape index (κ3) is 3.07. The Labute approximate surface area is 190 Å². The first-order valence-corrected chi connectivity index (χ1v) is 12.4. The molecule has 7 atom stereocenters. The molecule has 1 aromatic carbocycles. The molecule has 31 heavy (non-hydrogen) atoms. The van der Waals surface area contributed by atoms with Crippen LogP contribution in [0.5, 0.6) is 0 Å². The van der Waals surface area contributed by atoms with E-state index in [-0.39, 0.29) is 29.2 Å². The quantitative estimate of drug-likeness (QED) is 0.521. The summed E-state index contributed by atoms with van der Waals surface area (Å²) < 4.78 is 12.6. The first-order valence-electron chi connectivity index (χ1n) is 12.0. The first kappa shape index (κ1) is 20.3. The summed E-state index contributed by atoms with van der Waals surface area (Å²) >= 11 is 6.18. The molecule has 6 rings (SSSR count). The number of ether oxygens (including phenoxy) is 2. The molecule has 168 valence electrons. The number of hydrogen-bond acceptors (Lipinski definition) is 5. The van der Waals surface area contributed by atoms with Gasteiger partial charge in [-0.25, -0.2) is 0 Å². The highest BCUT2D eigenvalue weighted by Gasteiger charge is 2.77. The third-order valence-corrected chi connectivity index (χ3v) is 9.33. The Morgan fingerprint density at radius 1 is 1.13 bits per heavy atom. The van der Waals surface area contributed by atoms with Gasteiger partial charge in [0.2, 0.25) is 0 Å². The van der Waals surface area contributed by atoms with E-state index in [1.165, 1.54) is 12.1 Å². The van der Waals surface area contributed by atoms with E-state index in [4.69, 9.17) is 21.1 Å². The number of halogens is 1. The number of hydrogen-bond donors (Lipinski definition) is 0. The number of piperazine rings is 1. The van der Waals surface area contributed by atoms with E-state index in [0.29, 0.717) is 17.8 Å². The molecule has 3 heterocycles. The largest absolute Gasteiger partial charge is 0.455 e. The van der Waals surface area contributed by atoms with Crippen LogP contribution in [0.3, 0.4) is 0 Å². The molecule has 2 saturated carbocycles. The summed E-state index contributed by atoms with van der Waals surface area (Å²) in [4.78, 5) is 18.1. The molecule has 0 radical (unpaired) electrons. The SMILES string of the molecule is C[C@H]1CC[C@@H]2[C@H](CN3CCN(c4cccc(Cl)c4)CC3)C(=O)O[C@@]23[C@H]1CC[C@]1(C)O[C@@H]31. The fourth-order valence-electron chi connectivity index (χ4n) is 7.40. The highest BCUT2D eigenvalue weighted by Crippen LogP contribution is 2.66. The van der Waals surface area contributed by atoms with Gasteiger partial charge in [-0.3, -0.25) is 9.69 Å². The maximum absolute atomic E-state index is 13.2. The summed E-state index contributed by atoms with van der Waals surface area (Å²) in [6, 6.07) is 8.09. The molecular weight excluding hydrogens is 412 g/mol. The van der Waals surface area contributed by atoms with Gasteiger partial charge < -0.3 is 14.4 Å². The average Bonchev–Trinajstić information content (AvgIpc) is 3.38. The van der Waals surface area contributed by atoms with Crippen molar-refractivity contribution < 1.29 is 14.3 Å². The smallest absolute Gasteiger partial charge is 0.311 e. The Kier molecular flexibility index (Phi) is 4.65. The van der Waals surface area contributed by atoms with Gasteiger partial charge in [-0.15, -0.1) is 0 Å². The Hall–Kier alpha value is -1.30. The molecule has 3 aliphatic heterocycles. The normalized spacial score (nSPS) is 44.3. The molecule has 0 N–H and O–H groups in total. The van der Waals surface area contributed by atoms with Crippen molar-refractivity contribution in [2.24, 2.45) is 23.7 Å². The predicted molar refractivity (Wildman–Crippen MR) is 120 cm³/mol. The van der Waals surface area contributed by atoms with Crippen LogP contribution in [-0.4, -0.2) is 60.9 Å². The van der Waals surface area contributed by atoms with Crippen molar-refractivity contribution in [3.05, 3.63) is 29.3 Å². The standard InChI is InChI=1S/C25H33ClN2O3/c1-16-6-7-21-19(22(29)30-25(21)20(16)8-9-24(2)23(25)31-24)15-27-10-12-28(13-11-27)18-5-3-4-17(26)14-18/h3-5,14,16,19-21,23H,6-13,15H2,1-2H3/t16-,19-,20-,21+,23+,24-,25-/m0/s1. The highest BCUT2D eigenvalue weighted by atomic mass is 35.5. The van der Waals surface area contributed by atoms with Crippen molar-refractivity contribution in [2.45, 2.75) is 56.8 Å². The van der Waals surface area contributed by atoms with Crippen LogP contribution in [0.15, 0.2) is 24.3 Å². The summed E-state index contributed by atoms with van der Waals surface area (Å²) in [6.45, 7) is 9.24. The third-order valence-electron chi connectivity index (χ3n) is 9.09. The van der Waals surface area contributed by atoms with Crippen LogP contribution in [0.25, 0.3) is 0 Å². The molecule has 0 aromatic heterocycles. The molecule has 5 aliphatic rings. The topological polar surface area (TPSA) is 45.3 Å². The Balaban J connectivity index is 1.17. The lowest BCUT2D eigenvalue weighted by Crippen LogP contribution is -2.58. The van der Waals surface area contributed by atoms with Crippen molar-refractivity contribution in [1.82, 2.24) is 4.90 Å². The van der Waals surface area contributed by atoms with E-state index >= 15 is 0 Å². The summed E-state index contributed by atoms with van der Waals surface area (Å²) in [5.41, 5.74) is 0.751. The number of rotatable bonds is 3. The Morgan fingerprint density at radius 2 is 1.94 bits per heavy atom. The van der Waals surface area contributed by atoms with Crippen molar-refractivity contribution in [3.8, 4) is 0 Å². The maximum Gasteiger partial charge on any atom is 0.311 e. The lowest BCUT2D eigenvalue weighted by atomic mass is 9.55. The van der Waals surface area contributed by atoms with Crippen LogP contribution in [0.1, 0.15) is 39.5 Å². The van der Waals surface area contributed by atoms with E-state index in [1.807, 2.05) is 18.2 Å². The molecule has 5 fully saturated rings. The van der Waals surface area contributed by atoms with Gasteiger partial charge in [0.25, 0.3) is 0 Å². The van der Waals surface area contributed by atoms with Gasteiger partial charge in [-0.05, 0) is 56.7 Å². The second kappa shape index (κ2) is 7.10. The van der Waals surface area contributed by atoms with Crippen LogP contribution in [0, 0.1) is 23.7 Å². The van der Waals surface area contributed by atoms with E-state index in [2.05, 4.69) is 29.7 Å². The summed E-state index contributed by atoms with van der Waals surface area (Å²) in [6.07, 6.45) is 4.64. The van der Waals surface area contributed by atoms with E-state index in [1.54, 1.807) is 0 Å².